The van der Waals surface area contributed by atoms with E-state index in [1.54, 1.807) is 0 Å². The summed E-state index contributed by atoms with van der Waals surface area (Å²) < 4.78 is 59.2. The van der Waals surface area contributed by atoms with Gasteiger partial charge in [-0.15, -0.1) is 0 Å². The van der Waals surface area contributed by atoms with E-state index in [1.165, 1.54) is 135 Å². The van der Waals surface area contributed by atoms with Crippen molar-refractivity contribution in [1.82, 2.24) is 0 Å². The van der Waals surface area contributed by atoms with E-state index < -0.39 is 59.8 Å². The van der Waals surface area contributed by atoms with Crippen molar-refractivity contribution >= 4 is 16.4 Å². The van der Waals surface area contributed by atoms with Gasteiger partial charge in [0.05, 0.1) is 19.8 Å². The van der Waals surface area contributed by atoms with Crippen LogP contribution in [0.3, 0.4) is 0 Å². The zero-order chi connectivity index (χ0) is 45.4. The standard InChI is InChI=1S/C49H92O12S/c1-3-5-7-9-11-13-15-17-19-21-22-24-26-28-30-32-34-36-38-45(51)59-43(42-58-49-47(53)48(61-62(54,55)56)46(52)44(40-50)60-49)41-57-39-37-35-33-31-29-27-25-23-20-18-16-14-12-10-8-6-4-2/h14,16,20,23,43-44,46-50,52-53H,3-13,15,17-19,21-22,24-42H2,1-2H3,(H,54,55,56)/b16-14-,23-20-. The highest BCUT2D eigenvalue weighted by molar-refractivity contribution is 7.80. The zero-order valence-electron chi connectivity index (χ0n) is 39.2. The van der Waals surface area contributed by atoms with Gasteiger partial charge in [-0.25, -0.2) is 4.18 Å². The number of rotatable bonds is 44. The van der Waals surface area contributed by atoms with Crippen molar-refractivity contribution in [3.05, 3.63) is 24.3 Å². The van der Waals surface area contributed by atoms with E-state index in [1.807, 2.05) is 0 Å². The van der Waals surface area contributed by atoms with Crippen LogP contribution in [-0.2, 0) is 38.3 Å². The molecule has 62 heavy (non-hydrogen) atoms. The molecule has 0 amide bonds. The van der Waals surface area contributed by atoms with Gasteiger partial charge in [-0.2, -0.15) is 8.42 Å². The van der Waals surface area contributed by atoms with Gasteiger partial charge in [0.25, 0.3) is 0 Å². The summed E-state index contributed by atoms with van der Waals surface area (Å²) in [7, 11) is -5.06. The minimum absolute atomic E-state index is 0.0328. The largest absolute Gasteiger partial charge is 0.457 e. The number of aliphatic hydroxyl groups is 3. The van der Waals surface area contributed by atoms with Crippen LogP contribution in [0.4, 0.5) is 0 Å². The Morgan fingerprint density at radius 1 is 0.613 bits per heavy atom. The van der Waals surface area contributed by atoms with Crippen LogP contribution in [0, 0.1) is 0 Å². The highest BCUT2D eigenvalue weighted by atomic mass is 32.3. The maximum Gasteiger partial charge on any atom is 0.397 e. The normalized spacial score (nSPS) is 20.1. The molecule has 12 nitrogen and oxygen atoms in total. The quantitative estimate of drug-likeness (QED) is 0.0197. The molecule has 0 radical (unpaired) electrons. The molecule has 1 heterocycles. The molecule has 0 aromatic carbocycles. The average molecular weight is 905 g/mol. The Balaban J connectivity index is 2.38. The van der Waals surface area contributed by atoms with Crippen LogP contribution in [0.2, 0.25) is 0 Å². The molecule has 0 bridgehead atoms. The monoisotopic (exact) mass is 905 g/mol. The molecule has 0 aromatic rings. The fourth-order valence-electron chi connectivity index (χ4n) is 7.76. The predicted molar refractivity (Wildman–Crippen MR) is 248 cm³/mol. The second-order valence-electron chi connectivity index (χ2n) is 17.4. The molecule has 6 atom stereocenters. The van der Waals surface area contributed by atoms with Crippen molar-refractivity contribution in [1.29, 1.82) is 0 Å². The third-order valence-electron chi connectivity index (χ3n) is 11.6. The lowest BCUT2D eigenvalue weighted by Crippen LogP contribution is -2.60. The molecule has 13 heteroatoms. The zero-order valence-corrected chi connectivity index (χ0v) is 40.0. The smallest absolute Gasteiger partial charge is 0.397 e. The van der Waals surface area contributed by atoms with Crippen molar-refractivity contribution in [2.45, 2.75) is 256 Å². The molecule has 6 unspecified atom stereocenters. The molecule has 1 aliphatic rings. The maximum absolute atomic E-state index is 12.9. The second kappa shape index (κ2) is 41.0. The maximum atomic E-state index is 12.9. The molecule has 366 valence electrons. The van der Waals surface area contributed by atoms with Crippen molar-refractivity contribution in [3.63, 3.8) is 0 Å². The predicted octanol–water partition coefficient (Wildman–Crippen LogP) is 11.2. The van der Waals surface area contributed by atoms with Crippen molar-refractivity contribution < 1.29 is 56.2 Å². The Kier molecular flexibility index (Phi) is 38.8. The highest BCUT2D eigenvalue weighted by Crippen LogP contribution is 2.26. The molecule has 1 fully saturated rings. The number of unbranched alkanes of at least 4 members (excludes halogenated alkanes) is 27. The molecule has 1 saturated heterocycles. The lowest BCUT2D eigenvalue weighted by atomic mass is 9.99. The van der Waals surface area contributed by atoms with Crippen LogP contribution in [0.25, 0.3) is 0 Å². The van der Waals surface area contributed by atoms with E-state index >= 15 is 0 Å². The van der Waals surface area contributed by atoms with Gasteiger partial charge < -0.3 is 34.3 Å². The summed E-state index contributed by atoms with van der Waals surface area (Å²) in [6.45, 7) is 3.98. The van der Waals surface area contributed by atoms with Gasteiger partial charge in [-0.05, 0) is 44.9 Å². The second-order valence-corrected chi connectivity index (χ2v) is 18.5. The Bertz CT molecular complexity index is 1180. The first kappa shape index (κ1) is 58.6. The first-order valence-corrected chi connectivity index (χ1v) is 26.5. The third-order valence-corrected chi connectivity index (χ3v) is 12.0. The number of ether oxygens (including phenoxy) is 4. The van der Waals surface area contributed by atoms with E-state index in [4.69, 9.17) is 18.9 Å². The van der Waals surface area contributed by atoms with Gasteiger partial charge >= 0.3 is 16.4 Å². The number of aliphatic hydroxyl groups excluding tert-OH is 3. The Morgan fingerprint density at radius 2 is 1.06 bits per heavy atom. The van der Waals surface area contributed by atoms with E-state index in [0.717, 1.165) is 57.8 Å². The summed E-state index contributed by atoms with van der Waals surface area (Å²) in [5.74, 6) is -0.399. The van der Waals surface area contributed by atoms with Crippen LogP contribution in [0.5, 0.6) is 0 Å². The number of esters is 1. The molecule has 0 spiro atoms. The van der Waals surface area contributed by atoms with Crippen LogP contribution in [0.15, 0.2) is 24.3 Å². The summed E-state index contributed by atoms with van der Waals surface area (Å²) in [4.78, 5) is 12.9. The molecular formula is C49H92O12S. The minimum atomic E-state index is -5.06. The molecule has 0 aromatic heterocycles. The first-order valence-electron chi connectivity index (χ1n) is 25.1. The van der Waals surface area contributed by atoms with Crippen LogP contribution >= 0.6 is 0 Å². The van der Waals surface area contributed by atoms with Crippen molar-refractivity contribution in [2.75, 3.05) is 26.4 Å². The Morgan fingerprint density at radius 3 is 1.55 bits per heavy atom. The van der Waals surface area contributed by atoms with E-state index in [-0.39, 0.29) is 19.6 Å². The van der Waals surface area contributed by atoms with Gasteiger partial charge in [0.15, 0.2) is 6.29 Å². The Labute approximate surface area is 378 Å². The fraction of sp³-hybridized carbons (Fsp3) is 0.898. The van der Waals surface area contributed by atoms with Crippen molar-refractivity contribution in [3.8, 4) is 0 Å². The number of carbonyl (C=O) groups excluding carboxylic acids is 1. The first-order chi connectivity index (χ1) is 30.1. The highest BCUT2D eigenvalue weighted by Gasteiger charge is 2.48. The SMILES string of the molecule is CCCCCC/C=C\C/C=C\CCCCCCCCOCC(COC1OC(CO)C(O)C(OS(=O)(=O)O)C1O)OC(=O)CCCCCCCCCCCCCCCCCCCC. The third kappa shape index (κ3) is 34.0. The van der Waals surface area contributed by atoms with E-state index in [2.05, 4.69) is 42.3 Å². The van der Waals surface area contributed by atoms with E-state index in [0.29, 0.717) is 13.0 Å². The van der Waals surface area contributed by atoms with Crippen LogP contribution in [0.1, 0.15) is 219 Å². The molecule has 4 N–H and O–H groups in total. The topological polar surface area (TPSA) is 178 Å². The Hall–Kier alpha value is -1.42. The van der Waals surface area contributed by atoms with Crippen LogP contribution < -0.4 is 0 Å². The summed E-state index contributed by atoms with van der Waals surface area (Å²) in [6.07, 6.45) is 37.8. The molecule has 1 aliphatic heterocycles. The number of hydrogen-bond donors (Lipinski definition) is 4. The van der Waals surface area contributed by atoms with E-state index in [9.17, 15) is 33.1 Å². The van der Waals surface area contributed by atoms with Gasteiger partial charge in [-0.3, -0.25) is 9.35 Å². The number of allylic oxidation sites excluding steroid dienone is 4. The lowest BCUT2D eigenvalue weighted by Gasteiger charge is -2.41. The van der Waals surface area contributed by atoms with Gasteiger partial charge in [0, 0.05) is 13.0 Å². The summed E-state index contributed by atoms with van der Waals surface area (Å²) in [6, 6.07) is 0. The summed E-state index contributed by atoms with van der Waals surface area (Å²) in [5, 5.41) is 30.7. The minimum Gasteiger partial charge on any atom is -0.457 e. The summed E-state index contributed by atoms with van der Waals surface area (Å²) in [5.41, 5.74) is 0. The molecule has 1 rings (SSSR count). The van der Waals surface area contributed by atoms with Gasteiger partial charge in [0.1, 0.15) is 30.5 Å². The average Bonchev–Trinajstić information content (AvgIpc) is 3.24. The lowest BCUT2D eigenvalue weighted by molar-refractivity contribution is -0.301. The number of carbonyl (C=O) groups is 1. The molecule has 0 aliphatic carbocycles. The molecular weight excluding hydrogens is 813 g/mol. The van der Waals surface area contributed by atoms with Crippen molar-refractivity contribution in [2.24, 2.45) is 0 Å². The van der Waals surface area contributed by atoms with Gasteiger partial charge in [-0.1, -0.05) is 192 Å². The fourth-order valence-corrected chi connectivity index (χ4v) is 8.27. The summed E-state index contributed by atoms with van der Waals surface area (Å²) >= 11 is 0. The van der Waals surface area contributed by atoms with Gasteiger partial charge in [0.2, 0.25) is 0 Å². The number of hydrogen-bond acceptors (Lipinski definition) is 11. The van der Waals surface area contributed by atoms with Crippen LogP contribution in [-0.4, -0.2) is 97.5 Å². The molecule has 0 saturated carbocycles.